The third-order valence-corrected chi connectivity index (χ3v) is 5.47. The van der Waals surface area contributed by atoms with Crippen molar-refractivity contribution in [3.63, 3.8) is 0 Å². The van der Waals surface area contributed by atoms with Crippen LogP contribution in [0.4, 0.5) is 0 Å². The predicted molar refractivity (Wildman–Crippen MR) is 125 cm³/mol. The van der Waals surface area contributed by atoms with Crippen LogP contribution in [0.3, 0.4) is 0 Å². The van der Waals surface area contributed by atoms with Crippen LogP contribution in [0.2, 0.25) is 0 Å². The van der Waals surface area contributed by atoms with E-state index < -0.39 is 6.10 Å². The SMILES string of the molecule is CCOC(=O)CC(C)c1nsnc1OCC(O)CNCCNC(=O)c1c[nH]c2ccccc12. The lowest BCUT2D eigenvalue weighted by atomic mass is 10.0. The zero-order valence-corrected chi connectivity index (χ0v) is 19.5. The zero-order chi connectivity index (χ0) is 23.6. The molecule has 0 spiro atoms. The van der Waals surface area contributed by atoms with Crippen molar-refractivity contribution in [1.29, 1.82) is 0 Å². The van der Waals surface area contributed by atoms with Crippen molar-refractivity contribution in [2.75, 3.05) is 32.8 Å². The van der Waals surface area contributed by atoms with Crippen molar-refractivity contribution in [2.45, 2.75) is 32.3 Å². The van der Waals surface area contributed by atoms with Gasteiger partial charge in [-0.25, -0.2) is 0 Å². The van der Waals surface area contributed by atoms with Gasteiger partial charge in [-0.15, -0.1) is 4.37 Å². The number of carbonyl (C=O) groups is 2. The number of nitrogens with zero attached hydrogens (tertiary/aromatic N) is 2. The second-order valence-corrected chi connectivity index (χ2v) is 8.07. The number of hydrogen-bond donors (Lipinski definition) is 4. The molecule has 33 heavy (non-hydrogen) atoms. The highest BCUT2D eigenvalue weighted by molar-refractivity contribution is 6.99. The van der Waals surface area contributed by atoms with Gasteiger partial charge in [0.2, 0.25) is 5.88 Å². The Balaban J connectivity index is 1.34. The van der Waals surface area contributed by atoms with Gasteiger partial charge in [0.25, 0.3) is 5.91 Å². The highest BCUT2D eigenvalue weighted by Gasteiger charge is 2.21. The largest absolute Gasteiger partial charge is 0.473 e. The molecule has 10 nitrogen and oxygen atoms in total. The molecular formula is C22H29N5O5S. The molecule has 1 amide bonds. The van der Waals surface area contributed by atoms with E-state index in [1.807, 2.05) is 31.2 Å². The summed E-state index contributed by atoms with van der Waals surface area (Å²) < 4.78 is 18.9. The minimum Gasteiger partial charge on any atom is -0.473 e. The molecule has 0 saturated heterocycles. The molecule has 0 aliphatic rings. The van der Waals surface area contributed by atoms with Gasteiger partial charge in [-0.1, -0.05) is 25.1 Å². The topological polar surface area (TPSA) is 138 Å². The van der Waals surface area contributed by atoms with Gasteiger partial charge < -0.3 is 30.2 Å². The third kappa shape index (κ3) is 6.98. The Morgan fingerprint density at radius 1 is 1.24 bits per heavy atom. The molecule has 2 aromatic heterocycles. The van der Waals surface area contributed by atoms with E-state index in [-0.39, 0.29) is 37.4 Å². The Hall–Kier alpha value is -3.02. The Morgan fingerprint density at radius 2 is 2.06 bits per heavy atom. The molecule has 4 N–H and O–H groups in total. The number of aromatic amines is 1. The molecule has 0 bridgehead atoms. The summed E-state index contributed by atoms with van der Waals surface area (Å²) in [6, 6.07) is 7.62. The van der Waals surface area contributed by atoms with E-state index in [9.17, 15) is 14.7 Å². The van der Waals surface area contributed by atoms with E-state index in [0.29, 0.717) is 36.8 Å². The van der Waals surface area contributed by atoms with Crippen LogP contribution < -0.4 is 15.4 Å². The Morgan fingerprint density at radius 3 is 2.88 bits per heavy atom. The second-order valence-electron chi connectivity index (χ2n) is 7.54. The monoisotopic (exact) mass is 475 g/mol. The number of aliphatic hydroxyl groups excluding tert-OH is 1. The average molecular weight is 476 g/mol. The van der Waals surface area contributed by atoms with Gasteiger partial charge in [0, 0.05) is 42.7 Å². The number of rotatable bonds is 13. The molecule has 0 aliphatic heterocycles. The fourth-order valence-electron chi connectivity index (χ4n) is 3.28. The van der Waals surface area contributed by atoms with Crippen LogP contribution in [0.25, 0.3) is 10.9 Å². The summed E-state index contributed by atoms with van der Waals surface area (Å²) in [5.41, 5.74) is 2.09. The molecule has 0 saturated carbocycles. The van der Waals surface area contributed by atoms with Crippen LogP contribution in [0.15, 0.2) is 30.5 Å². The Labute approximate surface area is 196 Å². The molecule has 3 aromatic rings. The quantitative estimate of drug-likeness (QED) is 0.217. The number of para-hydroxylation sites is 1. The molecule has 2 unspecified atom stereocenters. The van der Waals surface area contributed by atoms with E-state index >= 15 is 0 Å². The number of H-pyrrole nitrogens is 1. The number of esters is 1. The highest BCUT2D eigenvalue weighted by atomic mass is 32.1. The first kappa shape index (κ1) is 24.6. The summed E-state index contributed by atoms with van der Waals surface area (Å²) in [5.74, 6) is -0.334. The van der Waals surface area contributed by atoms with E-state index in [1.54, 1.807) is 13.1 Å². The lowest BCUT2D eigenvalue weighted by Gasteiger charge is -2.14. The summed E-state index contributed by atoms with van der Waals surface area (Å²) in [7, 11) is 0. The van der Waals surface area contributed by atoms with Gasteiger partial charge in [-0.2, -0.15) is 4.37 Å². The van der Waals surface area contributed by atoms with Crippen LogP contribution >= 0.6 is 11.7 Å². The van der Waals surface area contributed by atoms with E-state index in [1.165, 1.54) is 0 Å². The number of nitrogens with one attached hydrogen (secondary N) is 3. The van der Waals surface area contributed by atoms with Crippen molar-refractivity contribution in [1.82, 2.24) is 24.4 Å². The fourth-order valence-corrected chi connectivity index (χ4v) is 3.88. The molecule has 0 aliphatic carbocycles. The number of carbonyl (C=O) groups excluding carboxylic acids is 2. The van der Waals surface area contributed by atoms with Gasteiger partial charge in [0.1, 0.15) is 18.4 Å². The minimum atomic E-state index is -0.774. The molecule has 178 valence electrons. The van der Waals surface area contributed by atoms with Gasteiger partial charge in [0.15, 0.2) is 0 Å². The molecule has 0 fully saturated rings. The summed E-state index contributed by atoms with van der Waals surface area (Å²) in [4.78, 5) is 27.1. The van der Waals surface area contributed by atoms with Crippen molar-refractivity contribution in [2.24, 2.45) is 0 Å². The van der Waals surface area contributed by atoms with E-state index in [4.69, 9.17) is 9.47 Å². The normalized spacial score (nSPS) is 12.9. The van der Waals surface area contributed by atoms with Crippen LogP contribution in [0.5, 0.6) is 5.88 Å². The maximum Gasteiger partial charge on any atom is 0.306 e. The van der Waals surface area contributed by atoms with Crippen LogP contribution in [0, 0.1) is 0 Å². The highest BCUT2D eigenvalue weighted by Crippen LogP contribution is 2.27. The molecule has 0 radical (unpaired) electrons. The Bertz CT molecular complexity index is 1050. The molecular weight excluding hydrogens is 446 g/mol. The maximum atomic E-state index is 12.4. The van der Waals surface area contributed by atoms with Gasteiger partial charge in [0.05, 0.1) is 30.3 Å². The number of ether oxygens (including phenoxy) is 2. The minimum absolute atomic E-state index is 0.0270. The number of benzene rings is 1. The number of aromatic nitrogens is 3. The Kier molecular flexibility index (Phi) is 9.16. The summed E-state index contributed by atoms with van der Waals surface area (Å²) in [5, 5.41) is 17.0. The molecule has 2 atom stereocenters. The predicted octanol–water partition coefficient (Wildman–Crippen LogP) is 1.84. The first-order valence-corrected chi connectivity index (χ1v) is 11.6. The number of amides is 1. The first-order chi connectivity index (χ1) is 16.0. The van der Waals surface area contributed by atoms with Gasteiger partial charge >= 0.3 is 5.97 Å². The van der Waals surface area contributed by atoms with E-state index in [2.05, 4.69) is 24.4 Å². The second kappa shape index (κ2) is 12.3. The summed E-state index contributed by atoms with van der Waals surface area (Å²) in [6.45, 7) is 5.16. The average Bonchev–Trinajstić information content (AvgIpc) is 3.44. The molecule has 2 heterocycles. The number of fused-ring (bicyclic) bond motifs is 1. The number of hydrogen-bond acceptors (Lipinski definition) is 9. The molecule has 11 heteroatoms. The molecule has 1 aromatic carbocycles. The van der Waals surface area contributed by atoms with E-state index in [0.717, 1.165) is 22.6 Å². The summed E-state index contributed by atoms with van der Waals surface area (Å²) in [6.07, 6.45) is 1.11. The van der Waals surface area contributed by atoms with Crippen LogP contribution in [-0.2, 0) is 9.53 Å². The zero-order valence-electron chi connectivity index (χ0n) is 18.7. The van der Waals surface area contributed by atoms with Gasteiger partial charge in [-0.3, -0.25) is 9.59 Å². The summed E-state index contributed by atoms with van der Waals surface area (Å²) >= 11 is 0.996. The fraction of sp³-hybridized carbons (Fsp3) is 0.455. The third-order valence-electron chi connectivity index (χ3n) is 4.94. The standard InChI is InChI=1S/C22H29N5O5S/c1-3-31-19(29)10-14(2)20-22(27-33-26-20)32-13-15(28)11-23-8-9-24-21(30)17-12-25-18-7-5-4-6-16(17)18/h4-7,12,14-15,23,25,28H,3,8-11,13H2,1-2H3,(H,24,30). The smallest absolute Gasteiger partial charge is 0.306 e. The van der Waals surface area contributed by atoms with Crippen molar-refractivity contribution < 1.29 is 24.2 Å². The molecule has 3 rings (SSSR count). The maximum absolute atomic E-state index is 12.4. The van der Waals surface area contributed by atoms with Crippen LogP contribution in [-0.4, -0.2) is 69.7 Å². The van der Waals surface area contributed by atoms with Crippen LogP contribution in [0.1, 0.15) is 42.2 Å². The lowest BCUT2D eigenvalue weighted by molar-refractivity contribution is -0.143. The van der Waals surface area contributed by atoms with Crippen molar-refractivity contribution in [3.8, 4) is 5.88 Å². The van der Waals surface area contributed by atoms with Crippen molar-refractivity contribution >= 4 is 34.5 Å². The number of aliphatic hydroxyl groups is 1. The van der Waals surface area contributed by atoms with Crippen molar-refractivity contribution in [3.05, 3.63) is 41.7 Å². The first-order valence-electron chi connectivity index (χ1n) is 10.8. The van der Waals surface area contributed by atoms with Gasteiger partial charge in [-0.05, 0) is 13.0 Å². The lowest BCUT2D eigenvalue weighted by Crippen LogP contribution is -2.37.